The van der Waals surface area contributed by atoms with Crippen molar-refractivity contribution in [3.05, 3.63) is 60.7 Å². The average molecular weight is 159 g/mol. The van der Waals surface area contributed by atoms with Gasteiger partial charge < -0.3 is 5.11 Å². The van der Waals surface area contributed by atoms with E-state index in [1.54, 1.807) is 12.2 Å². The molecule has 0 aliphatic carbocycles. The zero-order chi connectivity index (χ0) is 8.65. The van der Waals surface area contributed by atoms with Crippen molar-refractivity contribution in [2.45, 2.75) is 0 Å². The fourth-order valence-corrected chi connectivity index (χ4v) is 0.845. The molecule has 0 saturated heterocycles. The fraction of sp³-hybridized carbons (Fsp3) is 0. The molecule has 1 aromatic rings. The first-order valence-electron chi connectivity index (χ1n) is 3.79. The van der Waals surface area contributed by atoms with Crippen LogP contribution in [0.4, 0.5) is 0 Å². The van der Waals surface area contributed by atoms with Gasteiger partial charge in [0.25, 0.3) is 0 Å². The van der Waals surface area contributed by atoms with Crippen LogP contribution in [-0.2, 0) is 0 Å². The van der Waals surface area contributed by atoms with Crippen LogP contribution in [0, 0.1) is 6.61 Å². The maximum Gasteiger partial charge on any atom is 0.102 e. The second kappa shape index (κ2) is 5.33. The summed E-state index contributed by atoms with van der Waals surface area (Å²) in [7, 11) is 0. The van der Waals surface area contributed by atoms with E-state index in [2.05, 4.69) is 0 Å². The van der Waals surface area contributed by atoms with E-state index >= 15 is 0 Å². The SMILES string of the molecule is O[CH]/C=C/C=C/c1ccccc1. The van der Waals surface area contributed by atoms with Gasteiger partial charge in [0.2, 0.25) is 0 Å². The van der Waals surface area contributed by atoms with E-state index in [0.717, 1.165) is 12.2 Å². The first-order valence-corrected chi connectivity index (χ1v) is 3.79. The van der Waals surface area contributed by atoms with Gasteiger partial charge in [-0.2, -0.15) is 0 Å². The molecule has 1 nitrogen and oxygen atoms in total. The van der Waals surface area contributed by atoms with Crippen molar-refractivity contribution in [1.82, 2.24) is 0 Å². The van der Waals surface area contributed by atoms with Crippen LogP contribution in [-0.4, -0.2) is 5.11 Å². The molecule has 1 radical (unpaired) electrons. The molecule has 0 aromatic heterocycles. The fourth-order valence-electron chi connectivity index (χ4n) is 0.845. The van der Waals surface area contributed by atoms with Crippen LogP contribution in [0.3, 0.4) is 0 Å². The van der Waals surface area contributed by atoms with Gasteiger partial charge in [0.15, 0.2) is 0 Å². The third-order valence-electron chi connectivity index (χ3n) is 1.40. The van der Waals surface area contributed by atoms with Crippen molar-refractivity contribution in [1.29, 1.82) is 0 Å². The van der Waals surface area contributed by atoms with Gasteiger partial charge in [-0.3, -0.25) is 0 Å². The number of rotatable bonds is 3. The van der Waals surface area contributed by atoms with E-state index in [4.69, 9.17) is 5.11 Å². The molecule has 0 aliphatic heterocycles. The molecule has 0 aliphatic rings. The first kappa shape index (κ1) is 8.75. The lowest BCUT2D eigenvalue weighted by Gasteiger charge is -1.87. The summed E-state index contributed by atoms with van der Waals surface area (Å²) in [6, 6.07) is 10.00. The Morgan fingerprint density at radius 1 is 0.917 bits per heavy atom. The van der Waals surface area contributed by atoms with Crippen molar-refractivity contribution < 1.29 is 5.11 Å². The van der Waals surface area contributed by atoms with E-state index < -0.39 is 0 Å². The lowest BCUT2D eigenvalue weighted by atomic mass is 10.2. The molecule has 0 fully saturated rings. The molecule has 0 unspecified atom stereocenters. The second-order valence-electron chi connectivity index (χ2n) is 2.30. The van der Waals surface area contributed by atoms with E-state index in [1.165, 1.54) is 0 Å². The van der Waals surface area contributed by atoms with Crippen LogP contribution in [0.25, 0.3) is 6.08 Å². The number of aliphatic hydroxyl groups is 1. The van der Waals surface area contributed by atoms with Crippen LogP contribution in [0.2, 0.25) is 0 Å². The summed E-state index contributed by atoms with van der Waals surface area (Å²) >= 11 is 0. The van der Waals surface area contributed by atoms with Crippen LogP contribution in [0.5, 0.6) is 0 Å². The summed E-state index contributed by atoms with van der Waals surface area (Å²) in [5, 5.41) is 8.32. The molecule has 1 aromatic carbocycles. The van der Waals surface area contributed by atoms with Crippen molar-refractivity contribution in [2.75, 3.05) is 0 Å². The molecule has 0 saturated carbocycles. The quantitative estimate of drug-likeness (QED) is 0.672. The van der Waals surface area contributed by atoms with E-state index in [-0.39, 0.29) is 0 Å². The molecule has 1 rings (SSSR count). The van der Waals surface area contributed by atoms with Gasteiger partial charge in [-0.15, -0.1) is 0 Å². The third kappa shape index (κ3) is 3.17. The highest BCUT2D eigenvalue weighted by atomic mass is 16.2. The number of aliphatic hydroxyl groups excluding tert-OH is 1. The maximum atomic E-state index is 8.32. The van der Waals surface area contributed by atoms with Gasteiger partial charge in [-0.05, 0) is 5.56 Å². The second-order valence-corrected chi connectivity index (χ2v) is 2.30. The van der Waals surface area contributed by atoms with Gasteiger partial charge >= 0.3 is 0 Å². The lowest BCUT2D eigenvalue weighted by molar-refractivity contribution is 0.421. The largest absolute Gasteiger partial charge is 0.386 e. The summed E-state index contributed by atoms with van der Waals surface area (Å²) in [5.41, 5.74) is 1.15. The Morgan fingerprint density at radius 3 is 2.33 bits per heavy atom. The number of allylic oxidation sites excluding steroid dienone is 2. The Labute approximate surface area is 72.7 Å². The van der Waals surface area contributed by atoms with Gasteiger partial charge in [-0.1, -0.05) is 54.6 Å². The normalized spacial score (nSPS) is 11.4. The summed E-state index contributed by atoms with van der Waals surface area (Å²) < 4.78 is 0. The van der Waals surface area contributed by atoms with E-state index in [1.807, 2.05) is 42.5 Å². The predicted octanol–water partition coefficient (Wildman–Crippen LogP) is 2.79. The molecule has 0 atom stereocenters. The molecule has 61 valence electrons. The van der Waals surface area contributed by atoms with Crippen molar-refractivity contribution in [3.63, 3.8) is 0 Å². The zero-order valence-electron chi connectivity index (χ0n) is 6.72. The minimum absolute atomic E-state index is 1.01. The third-order valence-corrected chi connectivity index (χ3v) is 1.40. The van der Waals surface area contributed by atoms with Gasteiger partial charge in [0.05, 0.1) is 0 Å². The Bertz CT molecular complexity index is 260. The Kier molecular flexibility index (Phi) is 3.89. The smallest absolute Gasteiger partial charge is 0.102 e. The molecular formula is C11H11O. The molecular weight excluding hydrogens is 148 g/mol. The summed E-state index contributed by atoms with van der Waals surface area (Å²) in [6.45, 7) is 1.01. The number of hydrogen-bond acceptors (Lipinski definition) is 1. The van der Waals surface area contributed by atoms with Crippen LogP contribution >= 0.6 is 0 Å². The van der Waals surface area contributed by atoms with Gasteiger partial charge in [-0.25, -0.2) is 0 Å². The van der Waals surface area contributed by atoms with E-state index in [9.17, 15) is 0 Å². The van der Waals surface area contributed by atoms with Gasteiger partial charge in [0, 0.05) is 0 Å². The minimum Gasteiger partial charge on any atom is -0.386 e. The van der Waals surface area contributed by atoms with Crippen LogP contribution in [0.15, 0.2) is 48.6 Å². The number of benzene rings is 1. The van der Waals surface area contributed by atoms with Crippen molar-refractivity contribution in [2.24, 2.45) is 0 Å². The number of hydrogen-bond donors (Lipinski definition) is 1. The van der Waals surface area contributed by atoms with Crippen LogP contribution in [0.1, 0.15) is 5.56 Å². The maximum absolute atomic E-state index is 8.32. The lowest BCUT2D eigenvalue weighted by Crippen LogP contribution is -1.66. The van der Waals surface area contributed by atoms with Crippen molar-refractivity contribution in [3.8, 4) is 0 Å². The predicted molar refractivity (Wildman–Crippen MR) is 50.9 cm³/mol. The highest BCUT2D eigenvalue weighted by molar-refractivity contribution is 5.50. The molecule has 1 N–H and O–H groups in total. The first-order chi connectivity index (χ1) is 5.93. The highest BCUT2D eigenvalue weighted by Gasteiger charge is 1.79. The molecule has 1 heteroatoms. The van der Waals surface area contributed by atoms with E-state index in [0.29, 0.717) is 0 Å². The topological polar surface area (TPSA) is 20.2 Å². The Hall–Kier alpha value is -1.34. The molecule has 0 heterocycles. The zero-order valence-corrected chi connectivity index (χ0v) is 6.72. The molecule has 0 amide bonds. The highest BCUT2D eigenvalue weighted by Crippen LogP contribution is 2.00. The van der Waals surface area contributed by atoms with Gasteiger partial charge in [0.1, 0.15) is 6.61 Å². The van der Waals surface area contributed by atoms with Crippen LogP contribution < -0.4 is 0 Å². The Morgan fingerprint density at radius 2 is 1.67 bits per heavy atom. The van der Waals surface area contributed by atoms with Crippen molar-refractivity contribution >= 4 is 6.08 Å². The molecule has 0 bridgehead atoms. The summed E-state index contributed by atoms with van der Waals surface area (Å²) in [5.74, 6) is 0. The molecule has 12 heavy (non-hydrogen) atoms. The summed E-state index contributed by atoms with van der Waals surface area (Å²) in [4.78, 5) is 0. The average Bonchev–Trinajstić information content (AvgIpc) is 2.14. The monoisotopic (exact) mass is 159 g/mol. The minimum atomic E-state index is 1.01. The summed E-state index contributed by atoms with van der Waals surface area (Å²) in [6.07, 6.45) is 7.19. The standard InChI is InChI=1S/C11H11O/c12-10-6-2-5-9-11-7-3-1-4-8-11/h1-10,12H/b6-2+,9-5+. The Balaban J connectivity index is 2.52. The molecule has 0 spiro atoms.